The average Bonchev–Trinajstić information content (AvgIpc) is 2.84. The number of aromatic hydroxyl groups is 1. The van der Waals surface area contributed by atoms with Gasteiger partial charge in [0.15, 0.2) is 4.32 Å². The third-order valence-corrected chi connectivity index (χ3v) is 4.96. The van der Waals surface area contributed by atoms with E-state index in [1.165, 1.54) is 29.2 Å². The molecular weight excluding hydrogens is 360 g/mol. The predicted octanol–water partition coefficient (Wildman–Crippen LogP) is 4.01. The van der Waals surface area contributed by atoms with Gasteiger partial charge in [-0.25, -0.2) is 0 Å². The molecule has 0 aromatic heterocycles. The van der Waals surface area contributed by atoms with Crippen LogP contribution in [0, 0.1) is 17.0 Å². The van der Waals surface area contributed by atoms with Crippen LogP contribution >= 0.6 is 24.0 Å². The van der Waals surface area contributed by atoms with Crippen LogP contribution in [0.5, 0.6) is 5.75 Å². The Morgan fingerprint density at radius 2 is 2.00 bits per heavy atom. The number of para-hydroxylation sites is 1. The molecule has 126 valence electrons. The Morgan fingerprint density at radius 3 is 2.68 bits per heavy atom. The van der Waals surface area contributed by atoms with Gasteiger partial charge >= 0.3 is 0 Å². The zero-order valence-corrected chi connectivity index (χ0v) is 14.6. The van der Waals surface area contributed by atoms with Crippen molar-refractivity contribution in [3.8, 4) is 5.75 Å². The Labute approximate surface area is 152 Å². The third-order valence-electron chi connectivity index (χ3n) is 3.66. The van der Waals surface area contributed by atoms with E-state index in [0.717, 1.165) is 17.3 Å². The number of hydrogen-bond donors (Lipinski definition) is 1. The number of benzene rings is 2. The summed E-state index contributed by atoms with van der Waals surface area (Å²) in [5.74, 6) is -0.470. The lowest BCUT2D eigenvalue weighted by atomic mass is 10.1. The van der Waals surface area contributed by atoms with Gasteiger partial charge < -0.3 is 5.11 Å². The highest BCUT2D eigenvalue weighted by molar-refractivity contribution is 8.27. The molecule has 1 saturated heterocycles. The number of phenolic OH excluding ortho intramolecular Hbond substituents is 1. The largest absolute Gasteiger partial charge is 0.507 e. The SMILES string of the molecule is Cc1ccccc1N1C(=O)/C(=C/c2cc([N+](=O)[O-])ccc2O)SC1=S. The second-order valence-electron chi connectivity index (χ2n) is 5.30. The van der Waals surface area contributed by atoms with Gasteiger partial charge in [-0.3, -0.25) is 19.8 Å². The number of hydrogen-bond acceptors (Lipinski definition) is 6. The van der Waals surface area contributed by atoms with E-state index in [1.54, 1.807) is 6.07 Å². The van der Waals surface area contributed by atoms with E-state index in [4.69, 9.17) is 12.2 Å². The summed E-state index contributed by atoms with van der Waals surface area (Å²) < 4.78 is 0.371. The van der Waals surface area contributed by atoms with Crippen molar-refractivity contribution < 1.29 is 14.8 Å². The van der Waals surface area contributed by atoms with Crippen LogP contribution in [0.3, 0.4) is 0 Å². The molecular formula is C17H12N2O4S2. The molecule has 0 saturated carbocycles. The van der Waals surface area contributed by atoms with Crippen LogP contribution in [0.4, 0.5) is 11.4 Å². The fraction of sp³-hybridized carbons (Fsp3) is 0.0588. The summed E-state index contributed by atoms with van der Waals surface area (Å²) in [6, 6.07) is 11.0. The van der Waals surface area contributed by atoms with E-state index >= 15 is 0 Å². The van der Waals surface area contributed by atoms with E-state index in [0.29, 0.717) is 14.9 Å². The minimum Gasteiger partial charge on any atom is -0.507 e. The molecule has 0 radical (unpaired) electrons. The highest BCUT2D eigenvalue weighted by Crippen LogP contribution is 2.38. The number of nitro benzene ring substituents is 1. The Hall–Kier alpha value is -2.71. The summed E-state index contributed by atoms with van der Waals surface area (Å²) >= 11 is 6.40. The van der Waals surface area contributed by atoms with Crippen LogP contribution in [-0.4, -0.2) is 20.3 Å². The molecule has 1 heterocycles. The molecule has 0 aliphatic carbocycles. The van der Waals surface area contributed by atoms with Gasteiger partial charge in [-0.15, -0.1) is 0 Å². The maximum Gasteiger partial charge on any atom is 0.270 e. The van der Waals surface area contributed by atoms with Crippen LogP contribution < -0.4 is 4.90 Å². The lowest BCUT2D eigenvalue weighted by molar-refractivity contribution is -0.384. The molecule has 0 unspecified atom stereocenters. The minimum absolute atomic E-state index is 0.147. The van der Waals surface area contributed by atoms with Crippen molar-refractivity contribution in [3.63, 3.8) is 0 Å². The van der Waals surface area contributed by atoms with E-state index < -0.39 is 4.92 Å². The molecule has 1 fully saturated rings. The number of nitro groups is 1. The van der Waals surface area contributed by atoms with E-state index in [1.807, 2.05) is 25.1 Å². The lowest BCUT2D eigenvalue weighted by Gasteiger charge is -2.16. The second-order valence-corrected chi connectivity index (χ2v) is 6.98. The van der Waals surface area contributed by atoms with Crippen molar-refractivity contribution in [2.75, 3.05) is 4.90 Å². The van der Waals surface area contributed by atoms with Crippen molar-refractivity contribution in [2.24, 2.45) is 0 Å². The van der Waals surface area contributed by atoms with Gasteiger partial charge in [0.1, 0.15) is 5.75 Å². The van der Waals surface area contributed by atoms with Crippen molar-refractivity contribution in [2.45, 2.75) is 6.92 Å². The molecule has 3 rings (SSSR count). The van der Waals surface area contributed by atoms with E-state index in [2.05, 4.69) is 0 Å². The summed E-state index contributed by atoms with van der Waals surface area (Å²) in [7, 11) is 0. The highest BCUT2D eigenvalue weighted by atomic mass is 32.2. The Morgan fingerprint density at radius 1 is 1.28 bits per heavy atom. The Kier molecular flexibility index (Phi) is 4.56. The van der Waals surface area contributed by atoms with Crippen LogP contribution in [0.15, 0.2) is 47.4 Å². The maximum absolute atomic E-state index is 12.7. The molecule has 2 aromatic carbocycles. The minimum atomic E-state index is -0.560. The van der Waals surface area contributed by atoms with Crippen LogP contribution in [0.2, 0.25) is 0 Å². The van der Waals surface area contributed by atoms with E-state index in [-0.39, 0.29) is 22.9 Å². The number of carbonyl (C=O) groups excluding carboxylic acids is 1. The van der Waals surface area contributed by atoms with Gasteiger partial charge in [0.05, 0.1) is 15.5 Å². The van der Waals surface area contributed by atoms with Crippen LogP contribution in [0.1, 0.15) is 11.1 Å². The first-order valence-electron chi connectivity index (χ1n) is 7.19. The monoisotopic (exact) mass is 372 g/mol. The first kappa shape index (κ1) is 17.1. The molecule has 6 nitrogen and oxygen atoms in total. The van der Waals surface area contributed by atoms with Crippen LogP contribution in [0.25, 0.3) is 6.08 Å². The Balaban J connectivity index is 2.00. The summed E-state index contributed by atoms with van der Waals surface area (Å²) in [4.78, 5) is 24.8. The zero-order chi connectivity index (χ0) is 18.1. The quantitative estimate of drug-likeness (QED) is 0.379. The summed E-state index contributed by atoms with van der Waals surface area (Å²) in [6.45, 7) is 1.88. The van der Waals surface area contributed by atoms with Crippen molar-refractivity contribution in [3.05, 3.63) is 68.6 Å². The van der Waals surface area contributed by atoms with Crippen molar-refractivity contribution in [1.29, 1.82) is 0 Å². The summed E-state index contributed by atoms with van der Waals surface area (Å²) in [5, 5.41) is 20.8. The van der Waals surface area contributed by atoms with E-state index in [9.17, 15) is 20.0 Å². The Bertz CT molecular complexity index is 940. The molecule has 8 heteroatoms. The van der Waals surface area contributed by atoms with Gasteiger partial charge in [-0.05, 0) is 30.7 Å². The van der Waals surface area contributed by atoms with Gasteiger partial charge in [0.25, 0.3) is 11.6 Å². The van der Waals surface area contributed by atoms with Gasteiger partial charge in [-0.1, -0.05) is 42.2 Å². The number of rotatable bonds is 3. The lowest BCUT2D eigenvalue weighted by Crippen LogP contribution is -2.28. The fourth-order valence-corrected chi connectivity index (χ4v) is 3.68. The number of anilines is 1. The topological polar surface area (TPSA) is 83.7 Å². The highest BCUT2D eigenvalue weighted by Gasteiger charge is 2.34. The van der Waals surface area contributed by atoms with Crippen molar-refractivity contribution >= 4 is 51.7 Å². The number of thiocarbonyl (C=S) groups is 1. The zero-order valence-electron chi connectivity index (χ0n) is 13.0. The molecule has 1 aliphatic rings. The molecule has 1 amide bonds. The number of carbonyl (C=O) groups is 1. The third kappa shape index (κ3) is 3.26. The molecule has 0 atom stereocenters. The number of thioether (sulfide) groups is 1. The first-order valence-corrected chi connectivity index (χ1v) is 8.42. The molecule has 2 aromatic rings. The number of aryl methyl sites for hydroxylation is 1. The number of amides is 1. The normalized spacial score (nSPS) is 15.9. The predicted molar refractivity (Wildman–Crippen MR) is 102 cm³/mol. The first-order chi connectivity index (χ1) is 11.9. The molecule has 0 bridgehead atoms. The van der Waals surface area contributed by atoms with Gasteiger partial charge in [-0.2, -0.15) is 0 Å². The molecule has 1 aliphatic heterocycles. The second kappa shape index (κ2) is 6.66. The summed E-state index contributed by atoms with van der Waals surface area (Å²) in [6.07, 6.45) is 1.42. The molecule has 1 N–H and O–H groups in total. The maximum atomic E-state index is 12.7. The van der Waals surface area contributed by atoms with Crippen molar-refractivity contribution in [1.82, 2.24) is 0 Å². The molecule has 0 spiro atoms. The standard InChI is InChI=1S/C17H12N2O4S2/c1-10-4-2-3-5-13(10)18-16(21)15(25-17(18)24)9-11-8-12(19(22)23)6-7-14(11)20/h2-9,20H,1H3/b15-9-. The van der Waals surface area contributed by atoms with Gasteiger partial charge in [0, 0.05) is 17.7 Å². The fourth-order valence-electron chi connectivity index (χ4n) is 2.40. The smallest absolute Gasteiger partial charge is 0.270 e. The van der Waals surface area contributed by atoms with Crippen LogP contribution in [-0.2, 0) is 4.79 Å². The number of nitrogens with zero attached hydrogens (tertiary/aromatic N) is 2. The average molecular weight is 372 g/mol. The summed E-state index contributed by atoms with van der Waals surface area (Å²) in [5.41, 5.74) is 1.62. The number of phenols is 1. The molecule has 25 heavy (non-hydrogen) atoms. The number of non-ortho nitro benzene ring substituents is 1. The van der Waals surface area contributed by atoms with Gasteiger partial charge in [0.2, 0.25) is 0 Å².